The van der Waals surface area contributed by atoms with Gasteiger partial charge in [-0.25, -0.2) is 14.8 Å². The van der Waals surface area contributed by atoms with Gasteiger partial charge >= 0.3 is 6.03 Å². The Kier molecular flexibility index (Phi) is 8.60. The first-order valence-electron chi connectivity index (χ1n) is 12.4. The lowest BCUT2D eigenvalue weighted by atomic mass is 9.99. The van der Waals surface area contributed by atoms with E-state index in [0.717, 1.165) is 22.6 Å². The Labute approximate surface area is 222 Å². The molecule has 4 rings (SSSR count). The first-order chi connectivity index (χ1) is 17.8. The predicted octanol–water partition coefficient (Wildman–Crippen LogP) is 2.95. The number of carbonyl (C=O) groups is 3. The molecule has 3 atom stereocenters. The Morgan fingerprint density at radius 3 is 2.49 bits per heavy atom. The van der Waals surface area contributed by atoms with E-state index in [4.69, 9.17) is 4.74 Å². The molecule has 0 spiro atoms. The van der Waals surface area contributed by atoms with E-state index < -0.39 is 12.2 Å². The smallest absolute Gasteiger partial charge is 0.334 e. The SMILES string of the molecule is COc1ccc(CNC(=O)N2[C@H]3CN([C@H](C)c4ccccc4)C(=O)[C@H](CCSC)N3C(=O)CN2C)cc1. The lowest BCUT2D eigenvalue weighted by Crippen LogP contribution is -2.76. The number of urea groups is 1. The van der Waals surface area contributed by atoms with Crippen molar-refractivity contribution < 1.29 is 19.1 Å². The number of hydrazine groups is 1. The highest BCUT2D eigenvalue weighted by molar-refractivity contribution is 7.98. The largest absolute Gasteiger partial charge is 0.497 e. The van der Waals surface area contributed by atoms with Gasteiger partial charge in [0.25, 0.3) is 0 Å². The molecule has 2 heterocycles. The van der Waals surface area contributed by atoms with Crippen LogP contribution >= 0.6 is 11.8 Å². The van der Waals surface area contributed by atoms with Crippen LogP contribution < -0.4 is 10.1 Å². The zero-order valence-corrected chi connectivity index (χ0v) is 22.6. The van der Waals surface area contributed by atoms with E-state index in [1.165, 1.54) is 0 Å². The highest BCUT2D eigenvalue weighted by Crippen LogP contribution is 2.32. The van der Waals surface area contributed by atoms with Crippen LogP contribution in [0.2, 0.25) is 0 Å². The number of thioether (sulfide) groups is 1. The van der Waals surface area contributed by atoms with Crippen LogP contribution in [0.25, 0.3) is 0 Å². The molecule has 1 N–H and O–H groups in total. The fourth-order valence-corrected chi connectivity index (χ4v) is 5.49. The summed E-state index contributed by atoms with van der Waals surface area (Å²) in [5.74, 6) is 1.27. The van der Waals surface area contributed by atoms with Gasteiger partial charge in [0, 0.05) is 13.6 Å². The quantitative estimate of drug-likeness (QED) is 0.571. The molecular formula is C27H35N5O4S. The van der Waals surface area contributed by atoms with Crippen LogP contribution in [0, 0.1) is 0 Å². The molecule has 0 radical (unpaired) electrons. The first-order valence-corrected chi connectivity index (χ1v) is 13.8. The lowest BCUT2D eigenvalue weighted by molar-refractivity contribution is -0.189. The minimum Gasteiger partial charge on any atom is -0.497 e. The zero-order valence-electron chi connectivity index (χ0n) is 21.8. The lowest BCUT2D eigenvalue weighted by Gasteiger charge is -2.55. The van der Waals surface area contributed by atoms with Crippen LogP contribution in [0.4, 0.5) is 4.79 Å². The number of nitrogens with zero attached hydrogens (tertiary/aromatic N) is 4. The molecule has 2 aliphatic rings. The van der Waals surface area contributed by atoms with Gasteiger partial charge in [-0.1, -0.05) is 42.5 Å². The van der Waals surface area contributed by atoms with Crippen LogP contribution in [0.1, 0.15) is 30.5 Å². The second-order valence-electron chi connectivity index (χ2n) is 9.32. The molecule has 37 heavy (non-hydrogen) atoms. The maximum Gasteiger partial charge on any atom is 0.334 e. The molecule has 0 bridgehead atoms. The molecule has 0 unspecified atom stereocenters. The van der Waals surface area contributed by atoms with Gasteiger partial charge in [0.15, 0.2) is 0 Å². The maximum absolute atomic E-state index is 13.7. The monoisotopic (exact) mass is 525 g/mol. The average Bonchev–Trinajstić information content (AvgIpc) is 2.91. The second kappa shape index (κ2) is 11.9. The summed E-state index contributed by atoms with van der Waals surface area (Å²) in [6.45, 7) is 2.59. The molecule has 2 aromatic carbocycles. The van der Waals surface area contributed by atoms with Gasteiger partial charge in [-0.15, -0.1) is 0 Å². The summed E-state index contributed by atoms with van der Waals surface area (Å²) in [5.41, 5.74) is 1.94. The molecule has 0 saturated carbocycles. The molecule has 2 aliphatic heterocycles. The Balaban J connectivity index is 1.60. The third-order valence-electron chi connectivity index (χ3n) is 7.04. The topological polar surface area (TPSA) is 85.4 Å². The van der Waals surface area contributed by atoms with Crippen molar-refractivity contribution in [2.24, 2.45) is 0 Å². The number of ether oxygens (including phenoxy) is 1. The second-order valence-corrected chi connectivity index (χ2v) is 10.3. The number of benzene rings is 2. The fraction of sp³-hybridized carbons (Fsp3) is 0.444. The Bertz CT molecular complexity index is 1100. The summed E-state index contributed by atoms with van der Waals surface area (Å²) in [5, 5.41) is 6.23. The van der Waals surface area contributed by atoms with Gasteiger partial charge in [-0.05, 0) is 48.6 Å². The highest BCUT2D eigenvalue weighted by atomic mass is 32.2. The summed E-state index contributed by atoms with van der Waals surface area (Å²) in [4.78, 5) is 44.0. The van der Waals surface area contributed by atoms with Crippen molar-refractivity contribution in [3.05, 3.63) is 65.7 Å². The van der Waals surface area contributed by atoms with E-state index in [1.807, 2.05) is 72.7 Å². The number of amides is 4. The number of fused-ring (bicyclic) bond motifs is 1. The Morgan fingerprint density at radius 1 is 1.14 bits per heavy atom. The number of hydrogen-bond acceptors (Lipinski definition) is 6. The van der Waals surface area contributed by atoms with Gasteiger partial charge < -0.3 is 19.9 Å². The van der Waals surface area contributed by atoms with E-state index in [9.17, 15) is 14.4 Å². The fourth-order valence-electron chi connectivity index (χ4n) is 5.03. The summed E-state index contributed by atoms with van der Waals surface area (Å²) in [7, 11) is 3.35. The van der Waals surface area contributed by atoms with Crippen LogP contribution in [-0.2, 0) is 16.1 Å². The van der Waals surface area contributed by atoms with Gasteiger partial charge in [0.2, 0.25) is 11.8 Å². The molecule has 4 amide bonds. The number of nitrogens with one attached hydrogen (secondary N) is 1. The van der Waals surface area contributed by atoms with Crippen LogP contribution in [0.15, 0.2) is 54.6 Å². The maximum atomic E-state index is 13.7. The minimum atomic E-state index is -0.615. The number of rotatable bonds is 8. The van der Waals surface area contributed by atoms with Crippen molar-refractivity contribution in [2.75, 3.05) is 39.3 Å². The number of carbonyl (C=O) groups excluding carboxylic acids is 3. The Morgan fingerprint density at radius 2 is 1.84 bits per heavy atom. The van der Waals surface area contributed by atoms with Crippen molar-refractivity contribution >= 4 is 29.6 Å². The highest BCUT2D eigenvalue weighted by Gasteiger charge is 2.51. The van der Waals surface area contributed by atoms with E-state index in [2.05, 4.69) is 5.32 Å². The van der Waals surface area contributed by atoms with E-state index in [1.54, 1.807) is 40.8 Å². The summed E-state index contributed by atoms with van der Waals surface area (Å²) < 4.78 is 5.21. The number of piperazine rings is 1. The molecule has 2 aromatic rings. The van der Waals surface area contributed by atoms with Gasteiger partial charge in [0.05, 0.1) is 26.2 Å². The van der Waals surface area contributed by atoms with Gasteiger partial charge in [-0.3, -0.25) is 9.59 Å². The minimum absolute atomic E-state index is 0.0315. The molecule has 0 aromatic heterocycles. The van der Waals surface area contributed by atoms with Crippen molar-refractivity contribution in [1.82, 2.24) is 25.1 Å². The zero-order chi connectivity index (χ0) is 26.5. The molecule has 9 nitrogen and oxygen atoms in total. The molecule has 198 valence electrons. The number of likely N-dealkylation sites (N-methyl/N-ethyl adjacent to an activating group) is 1. The van der Waals surface area contributed by atoms with Gasteiger partial charge in [-0.2, -0.15) is 11.8 Å². The molecule has 2 saturated heterocycles. The summed E-state index contributed by atoms with van der Waals surface area (Å²) >= 11 is 1.64. The molecule has 10 heteroatoms. The predicted molar refractivity (Wildman–Crippen MR) is 144 cm³/mol. The van der Waals surface area contributed by atoms with Crippen molar-refractivity contribution in [3.8, 4) is 5.75 Å². The van der Waals surface area contributed by atoms with Gasteiger partial charge in [0.1, 0.15) is 18.0 Å². The van der Waals surface area contributed by atoms with Crippen molar-refractivity contribution in [3.63, 3.8) is 0 Å². The Hall–Kier alpha value is -3.24. The van der Waals surface area contributed by atoms with Crippen molar-refractivity contribution in [1.29, 1.82) is 0 Å². The van der Waals surface area contributed by atoms with Crippen LogP contribution in [0.5, 0.6) is 5.75 Å². The first kappa shape index (κ1) is 26.8. The summed E-state index contributed by atoms with van der Waals surface area (Å²) in [6, 6.07) is 16.2. The summed E-state index contributed by atoms with van der Waals surface area (Å²) in [6.07, 6.45) is 1.92. The van der Waals surface area contributed by atoms with Crippen LogP contribution in [-0.4, -0.2) is 89.1 Å². The molecular weight excluding hydrogens is 490 g/mol. The molecule has 2 fully saturated rings. The average molecular weight is 526 g/mol. The van der Waals surface area contributed by atoms with E-state index >= 15 is 0 Å². The number of methoxy groups -OCH3 is 1. The molecule has 0 aliphatic carbocycles. The van der Waals surface area contributed by atoms with E-state index in [-0.39, 0.29) is 37.0 Å². The van der Waals surface area contributed by atoms with E-state index in [0.29, 0.717) is 13.0 Å². The van der Waals surface area contributed by atoms with Crippen LogP contribution in [0.3, 0.4) is 0 Å². The normalized spacial score (nSPS) is 21.0. The third-order valence-corrected chi connectivity index (χ3v) is 7.69. The number of hydrogen-bond donors (Lipinski definition) is 1. The van der Waals surface area contributed by atoms with Crippen molar-refractivity contribution in [2.45, 2.75) is 38.1 Å². The standard InChI is InChI=1S/C27H35N5O4S/c1-19(21-8-6-5-7-9-21)30-17-24-31(23(26(30)34)14-15-37-4)25(33)18-29(2)32(24)27(35)28-16-20-10-12-22(36-3)13-11-20/h5-13,19,23-24H,14-18H2,1-4H3,(H,28,35)/t19-,23+,24+/m1/s1. The third kappa shape index (κ3) is 5.70.